The lowest BCUT2D eigenvalue weighted by Crippen LogP contribution is -2.24. The van der Waals surface area contributed by atoms with Crippen molar-refractivity contribution in [2.75, 3.05) is 7.11 Å². The Morgan fingerprint density at radius 3 is 2.79 bits per heavy atom. The number of phenols is 1. The van der Waals surface area contributed by atoms with Crippen LogP contribution in [0.2, 0.25) is 0 Å². The first-order valence-electron chi connectivity index (χ1n) is 5.88. The van der Waals surface area contributed by atoms with Crippen molar-refractivity contribution in [3.8, 4) is 17.2 Å². The predicted octanol–water partition coefficient (Wildman–Crippen LogP) is 3.48. The molecule has 6 heteroatoms. The minimum Gasteiger partial charge on any atom is -0.507 e. The molecule has 0 fully saturated rings. The second kappa shape index (κ2) is 5.30. The van der Waals surface area contributed by atoms with Crippen LogP contribution in [-0.2, 0) is 10.3 Å². The van der Waals surface area contributed by atoms with Gasteiger partial charge in [-0.05, 0) is 47.5 Å². The molecule has 19 heavy (non-hydrogen) atoms. The minimum atomic E-state index is -0.570. The molecule has 0 amide bonds. The van der Waals surface area contributed by atoms with Gasteiger partial charge in [0.05, 0.1) is 4.47 Å². The first kappa shape index (κ1) is 14.0. The van der Waals surface area contributed by atoms with E-state index in [-0.39, 0.29) is 5.75 Å². The van der Waals surface area contributed by atoms with Crippen LogP contribution in [0.25, 0.3) is 11.5 Å². The van der Waals surface area contributed by atoms with Crippen LogP contribution in [0.1, 0.15) is 26.1 Å². The fourth-order valence-corrected chi connectivity index (χ4v) is 1.84. The fourth-order valence-electron chi connectivity index (χ4n) is 1.59. The van der Waals surface area contributed by atoms with E-state index in [1.807, 2.05) is 13.8 Å². The molecule has 1 unspecified atom stereocenters. The molecular weight excluding hydrogens is 312 g/mol. The Morgan fingerprint density at radius 2 is 2.21 bits per heavy atom. The van der Waals surface area contributed by atoms with Gasteiger partial charge in [0, 0.05) is 12.7 Å². The maximum absolute atomic E-state index is 9.66. The van der Waals surface area contributed by atoms with Gasteiger partial charge >= 0.3 is 0 Å². The van der Waals surface area contributed by atoms with E-state index in [9.17, 15) is 5.11 Å². The molecule has 0 aliphatic carbocycles. The third-order valence-corrected chi connectivity index (χ3v) is 3.89. The van der Waals surface area contributed by atoms with Crippen LogP contribution in [0.3, 0.4) is 0 Å². The Kier molecular flexibility index (Phi) is 3.91. The summed E-state index contributed by atoms with van der Waals surface area (Å²) in [5.74, 6) is 0.978. The normalized spacial score (nSPS) is 14.3. The minimum absolute atomic E-state index is 0.127. The van der Waals surface area contributed by atoms with Crippen molar-refractivity contribution in [1.82, 2.24) is 10.1 Å². The highest BCUT2D eigenvalue weighted by Crippen LogP contribution is 2.31. The van der Waals surface area contributed by atoms with Crippen molar-refractivity contribution in [3.05, 3.63) is 28.5 Å². The number of aromatic nitrogens is 2. The van der Waals surface area contributed by atoms with Gasteiger partial charge in [-0.3, -0.25) is 0 Å². The third kappa shape index (κ3) is 2.64. The second-order valence-electron chi connectivity index (χ2n) is 4.38. The molecule has 1 N–H and O–H groups in total. The average molecular weight is 327 g/mol. The summed E-state index contributed by atoms with van der Waals surface area (Å²) in [6.45, 7) is 3.89. The standard InChI is InChI=1S/C13H15BrN2O3/c1-4-13(2,18-3)12-15-11(19-16-12)8-5-6-9(14)10(17)7-8/h5-7,17H,4H2,1-3H3. The van der Waals surface area contributed by atoms with Crippen LogP contribution in [0.4, 0.5) is 0 Å². The highest BCUT2D eigenvalue weighted by Gasteiger charge is 2.30. The van der Waals surface area contributed by atoms with Crippen LogP contribution in [0, 0.1) is 0 Å². The van der Waals surface area contributed by atoms with E-state index in [2.05, 4.69) is 26.1 Å². The number of ether oxygens (including phenoxy) is 1. The van der Waals surface area contributed by atoms with Gasteiger partial charge in [-0.2, -0.15) is 4.98 Å². The molecule has 2 rings (SSSR count). The number of rotatable bonds is 4. The van der Waals surface area contributed by atoms with Crippen LogP contribution in [0.15, 0.2) is 27.2 Å². The summed E-state index contributed by atoms with van der Waals surface area (Å²) in [7, 11) is 1.62. The molecule has 0 saturated carbocycles. The lowest BCUT2D eigenvalue weighted by atomic mass is 10.0. The monoisotopic (exact) mass is 326 g/mol. The zero-order valence-corrected chi connectivity index (χ0v) is 12.6. The summed E-state index contributed by atoms with van der Waals surface area (Å²) in [4.78, 5) is 4.34. The molecule has 5 nitrogen and oxygen atoms in total. The third-order valence-electron chi connectivity index (χ3n) is 3.22. The average Bonchev–Trinajstić information content (AvgIpc) is 2.91. The van der Waals surface area contributed by atoms with Crippen LogP contribution < -0.4 is 0 Å². The van der Waals surface area contributed by atoms with Crippen LogP contribution >= 0.6 is 15.9 Å². The molecule has 0 aliphatic heterocycles. The van der Waals surface area contributed by atoms with E-state index in [1.165, 1.54) is 0 Å². The quantitative estimate of drug-likeness (QED) is 0.931. The molecule has 0 spiro atoms. The summed E-state index contributed by atoms with van der Waals surface area (Å²) < 4.78 is 11.3. The lowest BCUT2D eigenvalue weighted by Gasteiger charge is -2.21. The predicted molar refractivity (Wildman–Crippen MR) is 73.8 cm³/mol. The van der Waals surface area contributed by atoms with Gasteiger partial charge in [0.1, 0.15) is 11.4 Å². The molecule has 1 atom stereocenters. The van der Waals surface area contributed by atoms with Crippen LogP contribution in [-0.4, -0.2) is 22.4 Å². The summed E-state index contributed by atoms with van der Waals surface area (Å²) in [5.41, 5.74) is 0.0908. The van der Waals surface area contributed by atoms with Gasteiger partial charge in [-0.15, -0.1) is 0 Å². The Morgan fingerprint density at radius 1 is 1.47 bits per heavy atom. The number of nitrogens with zero attached hydrogens (tertiary/aromatic N) is 2. The first-order valence-corrected chi connectivity index (χ1v) is 6.67. The number of hydrogen-bond acceptors (Lipinski definition) is 5. The summed E-state index contributed by atoms with van der Waals surface area (Å²) in [5, 5.41) is 13.6. The molecule has 0 radical (unpaired) electrons. The van der Waals surface area contributed by atoms with Crippen molar-refractivity contribution in [1.29, 1.82) is 0 Å². The second-order valence-corrected chi connectivity index (χ2v) is 5.23. The van der Waals surface area contributed by atoms with Crippen molar-refractivity contribution in [3.63, 3.8) is 0 Å². The summed E-state index contributed by atoms with van der Waals surface area (Å²) in [6.07, 6.45) is 0.730. The highest BCUT2D eigenvalue weighted by atomic mass is 79.9. The molecule has 2 aromatic rings. The molecule has 1 aromatic heterocycles. The number of methoxy groups -OCH3 is 1. The number of benzene rings is 1. The highest BCUT2D eigenvalue weighted by molar-refractivity contribution is 9.10. The molecule has 1 heterocycles. The Labute approximate surface area is 119 Å². The molecule has 102 valence electrons. The van der Waals surface area contributed by atoms with Gasteiger partial charge < -0.3 is 14.4 Å². The van der Waals surface area contributed by atoms with Gasteiger partial charge in [-0.1, -0.05) is 12.1 Å². The van der Waals surface area contributed by atoms with Gasteiger partial charge in [-0.25, -0.2) is 0 Å². The van der Waals surface area contributed by atoms with E-state index >= 15 is 0 Å². The maximum atomic E-state index is 9.66. The summed E-state index contributed by atoms with van der Waals surface area (Å²) in [6, 6.07) is 5.08. The first-order chi connectivity index (χ1) is 9.00. The van der Waals surface area contributed by atoms with E-state index in [0.29, 0.717) is 21.8 Å². The van der Waals surface area contributed by atoms with Crippen molar-refractivity contribution in [2.24, 2.45) is 0 Å². The lowest BCUT2D eigenvalue weighted by molar-refractivity contribution is -0.0106. The van der Waals surface area contributed by atoms with Crippen molar-refractivity contribution < 1.29 is 14.4 Å². The van der Waals surface area contributed by atoms with Crippen molar-refractivity contribution in [2.45, 2.75) is 25.9 Å². The maximum Gasteiger partial charge on any atom is 0.258 e. The zero-order valence-electron chi connectivity index (χ0n) is 11.0. The number of halogens is 1. The smallest absolute Gasteiger partial charge is 0.258 e. The largest absolute Gasteiger partial charge is 0.507 e. The Bertz CT molecular complexity index is 579. The fraction of sp³-hybridized carbons (Fsp3) is 0.385. The topological polar surface area (TPSA) is 68.4 Å². The SMILES string of the molecule is CCC(C)(OC)c1noc(-c2ccc(Br)c(O)c2)n1. The number of aromatic hydroxyl groups is 1. The molecule has 0 aliphatic rings. The van der Waals surface area contributed by atoms with Crippen molar-refractivity contribution >= 4 is 15.9 Å². The molecule has 1 aromatic carbocycles. The molecule has 0 bridgehead atoms. The number of phenolic OH excluding ortho intramolecular Hbond substituents is 1. The molecular formula is C13H15BrN2O3. The van der Waals surface area contributed by atoms with Gasteiger partial charge in [0.15, 0.2) is 0 Å². The van der Waals surface area contributed by atoms with Crippen LogP contribution in [0.5, 0.6) is 5.75 Å². The van der Waals surface area contributed by atoms with Gasteiger partial charge in [0.2, 0.25) is 5.82 Å². The van der Waals surface area contributed by atoms with E-state index in [0.717, 1.165) is 6.42 Å². The number of hydrogen-bond donors (Lipinski definition) is 1. The Hall–Kier alpha value is -1.40. The van der Waals surface area contributed by atoms with Gasteiger partial charge in [0.25, 0.3) is 5.89 Å². The van der Waals surface area contributed by atoms with E-state index in [1.54, 1.807) is 25.3 Å². The zero-order chi connectivity index (χ0) is 14.0. The Balaban J connectivity index is 2.38. The van der Waals surface area contributed by atoms with E-state index in [4.69, 9.17) is 9.26 Å². The van der Waals surface area contributed by atoms with E-state index < -0.39 is 5.60 Å². The molecule has 0 saturated heterocycles. The summed E-state index contributed by atoms with van der Waals surface area (Å²) >= 11 is 3.22.